The lowest BCUT2D eigenvalue weighted by Gasteiger charge is -2.10. The van der Waals surface area contributed by atoms with Gasteiger partial charge in [-0.15, -0.1) is 13.2 Å². The van der Waals surface area contributed by atoms with Crippen LogP contribution in [0.25, 0.3) is 11.3 Å². The Labute approximate surface area is 187 Å². The largest absolute Gasteiger partial charge is 0.573 e. The number of benzene rings is 1. The molecule has 3 heterocycles. The van der Waals surface area contributed by atoms with Gasteiger partial charge in [-0.05, 0) is 31.5 Å². The van der Waals surface area contributed by atoms with E-state index in [4.69, 9.17) is 9.68 Å². The number of hydrogen-bond acceptors (Lipinski definition) is 7. The van der Waals surface area contributed by atoms with Crippen LogP contribution in [0.15, 0.2) is 47.1 Å². The molecule has 3 aromatic rings. The predicted octanol–water partition coefficient (Wildman–Crippen LogP) is 3.25. The zero-order valence-corrected chi connectivity index (χ0v) is 17.8. The lowest BCUT2D eigenvalue weighted by atomic mass is 10.2. The summed E-state index contributed by atoms with van der Waals surface area (Å²) >= 11 is 0. The van der Waals surface area contributed by atoms with Crippen LogP contribution in [0.1, 0.15) is 22.8 Å². The van der Waals surface area contributed by atoms with Gasteiger partial charge in [0.1, 0.15) is 5.75 Å². The molecule has 1 saturated heterocycles. The maximum Gasteiger partial charge on any atom is 0.573 e. The molecule has 1 aliphatic rings. The first-order chi connectivity index (χ1) is 15.6. The zero-order chi connectivity index (χ0) is 24.0. The van der Waals surface area contributed by atoms with Crippen LogP contribution in [0.3, 0.4) is 0 Å². The van der Waals surface area contributed by atoms with Gasteiger partial charge in [-0.25, -0.2) is 4.98 Å². The van der Waals surface area contributed by atoms with Crippen molar-refractivity contribution in [2.24, 2.45) is 7.05 Å². The van der Waals surface area contributed by atoms with Crippen LogP contribution in [0, 0.1) is 18.4 Å². The van der Waals surface area contributed by atoms with E-state index in [1.165, 1.54) is 28.9 Å². The first kappa shape index (κ1) is 23.6. The number of nitriles is 1. The average Bonchev–Trinajstić information content (AvgIpc) is 3.50. The number of likely N-dealkylation sites (tertiary alicyclic amines) is 1. The average molecular weight is 462 g/mol. The summed E-state index contributed by atoms with van der Waals surface area (Å²) in [6.45, 7) is 2.99. The molecule has 1 unspecified atom stereocenters. The number of rotatable bonds is 4. The molecule has 4 rings (SSSR count). The van der Waals surface area contributed by atoms with Gasteiger partial charge in [-0.1, -0.05) is 12.1 Å². The van der Waals surface area contributed by atoms with Crippen LogP contribution in [0.4, 0.5) is 13.2 Å². The number of alkyl halides is 3. The molecule has 0 aliphatic carbocycles. The maximum absolute atomic E-state index is 12.3. The first-order valence-electron chi connectivity index (χ1n) is 9.87. The number of carbonyl (C=O) groups excluding carboxylic acids is 1. The Bertz CT molecular complexity index is 1120. The van der Waals surface area contributed by atoms with Crippen LogP contribution in [-0.4, -0.2) is 51.1 Å². The summed E-state index contributed by atoms with van der Waals surface area (Å²) in [5.74, 6) is -1.03. The van der Waals surface area contributed by atoms with Crippen molar-refractivity contribution in [2.45, 2.75) is 25.7 Å². The number of carbonyl (C=O) groups is 1. The van der Waals surface area contributed by atoms with Crippen molar-refractivity contribution < 1.29 is 27.1 Å². The maximum atomic E-state index is 12.3. The van der Waals surface area contributed by atoms with Gasteiger partial charge in [0.2, 0.25) is 0 Å². The molecule has 1 aromatic carbocycles. The van der Waals surface area contributed by atoms with Crippen LogP contribution >= 0.6 is 0 Å². The molecule has 0 spiro atoms. The van der Waals surface area contributed by atoms with Crippen LogP contribution in [0.2, 0.25) is 0 Å². The highest BCUT2D eigenvalue weighted by Gasteiger charge is 2.31. The first-order valence-corrected chi connectivity index (χ1v) is 9.87. The molecule has 1 aliphatic heterocycles. The SMILES string of the molecule is Cc1ccnn1C.N#CN1CCC(NC(=O)c2ncc(-c3cccc(OC(F)(F)F)c3)o2)C1. The number of nitrogens with one attached hydrogen (secondary N) is 1. The monoisotopic (exact) mass is 462 g/mol. The minimum atomic E-state index is -4.80. The fourth-order valence-corrected chi connectivity index (χ4v) is 3.02. The van der Waals surface area contributed by atoms with E-state index in [1.807, 2.05) is 30.9 Å². The predicted molar refractivity (Wildman–Crippen MR) is 110 cm³/mol. The number of aromatic nitrogens is 3. The van der Waals surface area contributed by atoms with Gasteiger partial charge in [0, 0.05) is 43.6 Å². The molecule has 0 bridgehead atoms. The number of halogens is 3. The molecule has 0 saturated carbocycles. The van der Waals surface area contributed by atoms with Crippen molar-refractivity contribution in [3.63, 3.8) is 0 Å². The Kier molecular flexibility index (Phi) is 7.22. The van der Waals surface area contributed by atoms with Crippen LogP contribution in [0.5, 0.6) is 5.75 Å². The van der Waals surface area contributed by atoms with Crippen molar-refractivity contribution in [2.75, 3.05) is 13.1 Å². The second-order valence-corrected chi connectivity index (χ2v) is 7.21. The third-order valence-electron chi connectivity index (χ3n) is 4.78. The lowest BCUT2D eigenvalue weighted by Crippen LogP contribution is -2.36. The number of oxazole rings is 1. The molecule has 1 atom stereocenters. The molecule has 2 aromatic heterocycles. The molecule has 1 N–H and O–H groups in total. The zero-order valence-electron chi connectivity index (χ0n) is 17.8. The van der Waals surface area contributed by atoms with Crippen molar-refractivity contribution >= 4 is 5.91 Å². The molecule has 174 valence electrons. The van der Waals surface area contributed by atoms with E-state index in [9.17, 15) is 18.0 Å². The number of amides is 1. The summed E-state index contributed by atoms with van der Waals surface area (Å²) in [6, 6.07) is 6.95. The number of ether oxygens (including phenoxy) is 1. The highest BCUT2D eigenvalue weighted by molar-refractivity contribution is 5.90. The van der Waals surface area contributed by atoms with E-state index < -0.39 is 18.0 Å². The summed E-state index contributed by atoms with van der Waals surface area (Å²) < 4.78 is 47.9. The Morgan fingerprint density at radius 3 is 2.73 bits per heavy atom. The third kappa shape index (κ3) is 6.73. The van der Waals surface area contributed by atoms with Gasteiger partial charge in [0.05, 0.1) is 6.20 Å². The summed E-state index contributed by atoms with van der Waals surface area (Å²) in [4.78, 5) is 17.5. The normalized spacial score (nSPS) is 15.4. The Morgan fingerprint density at radius 2 is 2.15 bits per heavy atom. The molecule has 1 fully saturated rings. The Morgan fingerprint density at radius 1 is 1.36 bits per heavy atom. The highest BCUT2D eigenvalue weighted by atomic mass is 19.4. The summed E-state index contributed by atoms with van der Waals surface area (Å²) in [5.41, 5.74) is 1.48. The Balaban J connectivity index is 0.000000374. The fraction of sp³-hybridized carbons (Fsp3) is 0.333. The summed E-state index contributed by atoms with van der Waals surface area (Å²) in [6.07, 6.45) is 0.867. The second kappa shape index (κ2) is 10.1. The quantitative estimate of drug-likeness (QED) is 0.593. The van der Waals surface area contributed by atoms with Crippen LogP contribution in [-0.2, 0) is 7.05 Å². The van der Waals surface area contributed by atoms with E-state index in [2.05, 4.69) is 20.1 Å². The van der Waals surface area contributed by atoms with Crippen molar-refractivity contribution in [1.29, 1.82) is 5.26 Å². The van der Waals surface area contributed by atoms with Gasteiger partial charge >= 0.3 is 12.3 Å². The summed E-state index contributed by atoms with van der Waals surface area (Å²) in [7, 11) is 1.93. The highest BCUT2D eigenvalue weighted by Crippen LogP contribution is 2.28. The van der Waals surface area contributed by atoms with Gasteiger partial charge in [-0.3, -0.25) is 9.48 Å². The minimum absolute atomic E-state index is 0.132. The molecular weight excluding hydrogens is 441 g/mol. The van der Waals surface area contributed by atoms with Crippen molar-refractivity contribution in [3.05, 3.63) is 54.3 Å². The second-order valence-electron chi connectivity index (χ2n) is 7.21. The van der Waals surface area contributed by atoms with E-state index in [0.29, 0.717) is 19.5 Å². The summed E-state index contributed by atoms with van der Waals surface area (Å²) in [5, 5.41) is 15.4. The van der Waals surface area contributed by atoms with E-state index >= 15 is 0 Å². The standard InChI is InChI=1S/C16H13F3N4O3.C5H8N2/c17-16(18,19)26-12-3-1-2-10(6-12)13-7-21-15(25-13)14(24)22-11-4-5-23(8-11)9-20;1-5-3-4-6-7(5)2/h1-3,6-7,11H,4-5,8H2,(H,22,24);3-4H,1-2H3. The topological polar surface area (TPSA) is 109 Å². The third-order valence-corrected chi connectivity index (χ3v) is 4.78. The van der Waals surface area contributed by atoms with Gasteiger partial charge in [0.25, 0.3) is 5.89 Å². The van der Waals surface area contributed by atoms with Crippen molar-refractivity contribution in [3.8, 4) is 23.3 Å². The minimum Gasteiger partial charge on any atom is -0.432 e. The molecular formula is C21H21F3N6O3. The molecule has 9 nitrogen and oxygen atoms in total. The van der Waals surface area contributed by atoms with Gasteiger partial charge in [-0.2, -0.15) is 10.4 Å². The molecule has 1 amide bonds. The molecule has 0 radical (unpaired) electrons. The van der Waals surface area contributed by atoms with E-state index in [0.717, 1.165) is 12.1 Å². The Hall–Kier alpha value is -4.01. The fourth-order valence-electron chi connectivity index (χ4n) is 3.02. The number of hydrogen-bond donors (Lipinski definition) is 1. The van der Waals surface area contributed by atoms with E-state index in [1.54, 1.807) is 6.20 Å². The van der Waals surface area contributed by atoms with Gasteiger partial charge in [0.15, 0.2) is 12.0 Å². The number of nitrogens with zero attached hydrogens (tertiary/aromatic N) is 5. The van der Waals surface area contributed by atoms with Gasteiger partial charge < -0.3 is 19.4 Å². The molecule has 33 heavy (non-hydrogen) atoms. The van der Waals surface area contributed by atoms with E-state index in [-0.39, 0.29) is 23.3 Å². The molecule has 12 heteroatoms. The number of aryl methyl sites for hydroxylation is 2. The lowest BCUT2D eigenvalue weighted by molar-refractivity contribution is -0.274. The van der Waals surface area contributed by atoms with Crippen LogP contribution < -0.4 is 10.1 Å². The smallest absolute Gasteiger partial charge is 0.432 e. The van der Waals surface area contributed by atoms with Crippen molar-refractivity contribution in [1.82, 2.24) is 25.0 Å².